The van der Waals surface area contributed by atoms with Gasteiger partial charge in [-0.1, -0.05) is 32.9 Å². The molecule has 16 heteroatoms. The molecule has 0 radical (unpaired) electrons. The van der Waals surface area contributed by atoms with E-state index in [4.69, 9.17) is 9.47 Å². The smallest absolute Gasteiger partial charge is 0.263 e. The summed E-state index contributed by atoms with van der Waals surface area (Å²) in [6.45, 7) is 12.8. The molecule has 0 spiro atoms. The Balaban J connectivity index is 0.684. The van der Waals surface area contributed by atoms with Gasteiger partial charge in [0.15, 0.2) is 5.78 Å². The van der Waals surface area contributed by atoms with Gasteiger partial charge in [0.1, 0.15) is 6.04 Å². The normalized spacial score (nSPS) is 19.8. The molecule has 5 aliphatic rings. The van der Waals surface area contributed by atoms with Crippen molar-refractivity contribution in [3.05, 3.63) is 93.2 Å². The Morgan fingerprint density at radius 3 is 2.35 bits per heavy atom. The molecule has 66 heavy (non-hydrogen) atoms. The van der Waals surface area contributed by atoms with Crippen LogP contribution >= 0.6 is 11.8 Å². The summed E-state index contributed by atoms with van der Waals surface area (Å²) >= 11 is 1.39. The molecule has 3 aromatic carbocycles. The Labute approximate surface area is 388 Å². The van der Waals surface area contributed by atoms with Crippen molar-refractivity contribution in [1.82, 2.24) is 25.0 Å². The van der Waals surface area contributed by atoms with Crippen LogP contribution in [0.1, 0.15) is 112 Å². The van der Waals surface area contributed by atoms with E-state index in [-0.39, 0.29) is 35.7 Å². The molecule has 1 atom stereocenters. The molecule has 3 fully saturated rings. The third-order valence-electron chi connectivity index (χ3n) is 14.0. The summed E-state index contributed by atoms with van der Waals surface area (Å²) in [7, 11) is 0. The highest BCUT2D eigenvalue weighted by Crippen LogP contribution is 2.46. The first-order chi connectivity index (χ1) is 31.9. The van der Waals surface area contributed by atoms with Crippen LogP contribution in [0.5, 0.6) is 0 Å². The SMILES string of the molecule is CCc1cc2c(cc1N1CCC(N3CCN(C(=O)CCOCCOCCSc4cccc5c4C(=O)N(C4CCC(=O)NC4=O)C5=O)CC3)CC1)C(C)(C)c1[nH]c3cc(C#N)ccc3c1C2=O. The summed E-state index contributed by atoms with van der Waals surface area (Å²) < 4.78 is 11.5. The number of aromatic amines is 1. The number of rotatable bonds is 14. The average molecular weight is 914 g/mol. The molecule has 2 N–H and O–H groups in total. The van der Waals surface area contributed by atoms with E-state index in [2.05, 4.69) is 59.1 Å². The maximum absolute atomic E-state index is 14.1. The Kier molecular flexibility index (Phi) is 12.9. The number of carbonyl (C=O) groups excluding carboxylic acids is 6. The molecule has 5 amide bonds. The number of anilines is 1. The van der Waals surface area contributed by atoms with Crippen LogP contribution in [0, 0.1) is 11.3 Å². The monoisotopic (exact) mass is 913 g/mol. The van der Waals surface area contributed by atoms with Gasteiger partial charge in [-0.25, -0.2) is 0 Å². The highest BCUT2D eigenvalue weighted by atomic mass is 32.2. The van der Waals surface area contributed by atoms with Crippen molar-refractivity contribution in [3.63, 3.8) is 0 Å². The number of benzene rings is 3. The van der Waals surface area contributed by atoms with Crippen LogP contribution in [0.2, 0.25) is 0 Å². The quantitative estimate of drug-likeness (QED) is 0.0959. The largest absolute Gasteiger partial charge is 0.379 e. The fourth-order valence-electron chi connectivity index (χ4n) is 10.4. The maximum atomic E-state index is 14.1. The number of nitriles is 1. The summed E-state index contributed by atoms with van der Waals surface area (Å²) in [5.41, 5.74) is 7.26. The van der Waals surface area contributed by atoms with Crippen molar-refractivity contribution in [2.45, 2.75) is 81.7 Å². The number of carbonyl (C=O) groups is 6. The Hall–Kier alpha value is -5.86. The Morgan fingerprint density at radius 2 is 1.62 bits per heavy atom. The van der Waals surface area contributed by atoms with E-state index >= 15 is 0 Å². The number of hydrogen-bond acceptors (Lipinski definition) is 12. The number of piperazine rings is 1. The van der Waals surface area contributed by atoms with Gasteiger partial charge in [-0.15, -0.1) is 11.8 Å². The van der Waals surface area contributed by atoms with E-state index in [1.54, 1.807) is 24.3 Å². The van der Waals surface area contributed by atoms with Gasteiger partial charge >= 0.3 is 0 Å². The molecule has 1 unspecified atom stereocenters. The second-order valence-electron chi connectivity index (χ2n) is 18.2. The lowest BCUT2D eigenvalue weighted by Gasteiger charge is -2.44. The molecule has 15 nitrogen and oxygen atoms in total. The minimum Gasteiger partial charge on any atom is -0.379 e. The number of nitrogens with zero attached hydrogens (tertiary/aromatic N) is 5. The Bertz CT molecular complexity index is 2670. The zero-order chi connectivity index (χ0) is 46.3. The second kappa shape index (κ2) is 18.8. The molecular weight excluding hydrogens is 859 g/mol. The van der Waals surface area contributed by atoms with E-state index in [1.165, 1.54) is 23.0 Å². The van der Waals surface area contributed by atoms with E-state index in [1.807, 2.05) is 17.0 Å². The molecule has 344 valence electrons. The van der Waals surface area contributed by atoms with Crippen molar-refractivity contribution < 1.29 is 38.2 Å². The zero-order valence-electron chi connectivity index (χ0n) is 37.7. The average Bonchev–Trinajstić information content (AvgIpc) is 3.84. The summed E-state index contributed by atoms with van der Waals surface area (Å²) in [6.07, 6.45) is 3.35. The van der Waals surface area contributed by atoms with E-state index < -0.39 is 35.1 Å². The minimum absolute atomic E-state index is 0.0354. The van der Waals surface area contributed by atoms with E-state index in [0.717, 1.165) is 78.1 Å². The lowest BCUT2D eigenvalue weighted by molar-refractivity contribution is -0.136. The first kappa shape index (κ1) is 45.3. The third-order valence-corrected chi connectivity index (χ3v) is 15.1. The van der Waals surface area contributed by atoms with Gasteiger partial charge in [-0.05, 0) is 73.2 Å². The molecular formula is C50H55N7O8S. The summed E-state index contributed by atoms with van der Waals surface area (Å²) in [5, 5.41) is 12.6. The zero-order valence-corrected chi connectivity index (χ0v) is 38.5. The fraction of sp³-hybridized carbons (Fsp3) is 0.460. The number of aromatic nitrogens is 1. The summed E-state index contributed by atoms with van der Waals surface area (Å²) in [4.78, 5) is 89.8. The number of fused-ring (bicyclic) bond motifs is 5. The number of ether oxygens (including phenoxy) is 2. The van der Waals surface area contributed by atoms with Crippen LogP contribution in [0.15, 0.2) is 53.4 Å². The lowest BCUT2D eigenvalue weighted by Crippen LogP contribution is -2.54. The van der Waals surface area contributed by atoms with Gasteiger partial charge in [-0.3, -0.25) is 43.9 Å². The van der Waals surface area contributed by atoms with Gasteiger partial charge in [-0.2, -0.15) is 5.26 Å². The highest BCUT2D eigenvalue weighted by Gasteiger charge is 2.46. The molecule has 5 heterocycles. The number of hydrogen-bond donors (Lipinski definition) is 2. The number of thioether (sulfide) groups is 1. The van der Waals surface area contributed by atoms with Crippen molar-refractivity contribution >= 4 is 63.7 Å². The van der Waals surface area contributed by atoms with E-state index in [0.29, 0.717) is 73.8 Å². The molecule has 4 aromatic rings. The third kappa shape index (κ3) is 8.42. The van der Waals surface area contributed by atoms with Gasteiger partial charge in [0.25, 0.3) is 11.8 Å². The molecule has 4 aliphatic heterocycles. The molecule has 1 aromatic heterocycles. The first-order valence-electron chi connectivity index (χ1n) is 23.1. The number of piperidine rings is 2. The highest BCUT2D eigenvalue weighted by molar-refractivity contribution is 7.99. The Morgan fingerprint density at radius 1 is 0.864 bits per heavy atom. The second-order valence-corrected chi connectivity index (χ2v) is 19.3. The molecule has 1 aliphatic carbocycles. The fourth-order valence-corrected chi connectivity index (χ4v) is 11.4. The lowest BCUT2D eigenvalue weighted by atomic mass is 9.70. The minimum atomic E-state index is -1.01. The number of amides is 5. The van der Waals surface area contributed by atoms with Crippen molar-refractivity contribution in [1.29, 1.82) is 5.26 Å². The van der Waals surface area contributed by atoms with Crippen LogP contribution < -0.4 is 10.2 Å². The van der Waals surface area contributed by atoms with Crippen LogP contribution in [0.3, 0.4) is 0 Å². The van der Waals surface area contributed by atoms with Crippen LogP contribution in [-0.2, 0) is 35.7 Å². The molecule has 3 saturated heterocycles. The van der Waals surface area contributed by atoms with Crippen LogP contribution in [-0.4, -0.2) is 139 Å². The number of ketones is 1. The van der Waals surface area contributed by atoms with Gasteiger partial charge in [0.2, 0.25) is 17.7 Å². The molecule has 0 saturated carbocycles. The predicted molar refractivity (Wildman–Crippen MR) is 248 cm³/mol. The number of aryl methyl sites for hydroxylation is 1. The van der Waals surface area contributed by atoms with Crippen LogP contribution in [0.4, 0.5) is 5.69 Å². The number of H-pyrrole nitrogens is 1. The van der Waals surface area contributed by atoms with Gasteiger partial charge in [0.05, 0.1) is 61.2 Å². The van der Waals surface area contributed by atoms with E-state index in [9.17, 15) is 34.0 Å². The molecule has 9 rings (SSSR count). The standard InChI is InChI=1S/C50H55N7O8S/c1-4-31-27-35-36(50(2,3)46-44(45(35)60)33-9-8-30(29-51)26-37(33)52-46)28-39(31)55-15-12-32(13-16-55)54-17-19-56(20-18-54)42(59)14-21-64-22-23-65-24-25-66-40-7-5-6-34-43(40)49(63)57(48(34)62)38-10-11-41(58)53-47(38)61/h5-9,26-28,32,38,52H,4,10-25H2,1-3H3,(H,53,58,61). The van der Waals surface area contributed by atoms with Gasteiger partial charge in [0, 0.05) is 95.6 Å². The van der Waals surface area contributed by atoms with Crippen LogP contribution in [0.25, 0.3) is 10.9 Å². The number of imide groups is 2. The molecule has 0 bridgehead atoms. The summed E-state index contributed by atoms with van der Waals surface area (Å²) in [6, 6.07) is 16.6. The maximum Gasteiger partial charge on any atom is 0.263 e. The van der Waals surface area contributed by atoms with Crippen molar-refractivity contribution in [3.8, 4) is 6.07 Å². The first-order valence-corrected chi connectivity index (χ1v) is 24.1. The predicted octanol–water partition coefficient (Wildman–Crippen LogP) is 5.20. The summed E-state index contributed by atoms with van der Waals surface area (Å²) in [5.74, 6) is -1.46. The van der Waals surface area contributed by atoms with Gasteiger partial charge < -0.3 is 24.3 Å². The van der Waals surface area contributed by atoms with Crippen molar-refractivity contribution in [2.75, 3.05) is 76.3 Å². The number of nitrogens with one attached hydrogen (secondary N) is 2. The topological polar surface area (TPSA) is 185 Å². The van der Waals surface area contributed by atoms with Crippen molar-refractivity contribution in [2.24, 2.45) is 0 Å².